The third-order valence-electron chi connectivity index (χ3n) is 3.15. The molecule has 0 aromatic carbocycles. The van der Waals surface area contributed by atoms with E-state index in [1.807, 2.05) is 25.4 Å². The third kappa shape index (κ3) is 4.61. The Morgan fingerprint density at radius 2 is 2.24 bits per heavy atom. The number of pyridine rings is 1. The SMILES string of the molecule is CCC(C)N(C)CCNc1ccnc(NC)c1. The Hall–Kier alpha value is -1.29. The fourth-order valence-corrected chi connectivity index (χ4v) is 1.59. The molecule has 1 atom stereocenters. The summed E-state index contributed by atoms with van der Waals surface area (Å²) in [6.07, 6.45) is 3.00. The maximum Gasteiger partial charge on any atom is 0.127 e. The van der Waals surface area contributed by atoms with E-state index >= 15 is 0 Å². The summed E-state index contributed by atoms with van der Waals surface area (Å²) in [4.78, 5) is 6.55. The summed E-state index contributed by atoms with van der Waals surface area (Å²) >= 11 is 0. The van der Waals surface area contributed by atoms with Gasteiger partial charge in [-0.15, -0.1) is 0 Å². The van der Waals surface area contributed by atoms with E-state index in [0.717, 1.165) is 24.6 Å². The van der Waals surface area contributed by atoms with Crippen molar-refractivity contribution in [2.24, 2.45) is 0 Å². The van der Waals surface area contributed by atoms with Gasteiger partial charge in [0.15, 0.2) is 0 Å². The zero-order valence-corrected chi connectivity index (χ0v) is 11.3. The Balaban J connectivity index is 2.35. The van der Waals surface area contributed by atoms with Crippen molar-refractivity contribution in [1.29, 1.82) is 0 Å². The molecule has 1 rings (SSSR count). The standard InChI is InChI=1S/C13H24N4/c1-5-11(2)17(4)9-8-15-12-6-7-16-13(10-12)14-3/h6-7,10-11H,5,8-9H2,1-4H3,(H2,14,15,16). The van der Waals surface area contributed by atoms with Crippen LogP contribution in [0, 0.1) is 0 Å². The number of aromatic nitrogens is 1. The van der Waals surface area contributed by atoms with Crippen LogP contribution in [-0.2, 0) is 0 Å². The van der Waals surface area contributed by atoms with Gasteiger partial charge in [0.2, 0.25) is 0 Å². The molecule has 1 unspecified atom stereocenters. The topological polar surface area (TPSA) is 40.2 Å². The molecule has 0 amide bonds. The molecule has 0 fully saturated rings. The first-order chi connectivity index (χ1) is 8.17. The molecule has 17 heavy (non-hydrogen) atoms. The van der Waals surface area contributed by atoms with Gasteiger partial charge in [0.25, 0.3) is 0 Å². The number of hydrogen-bond donors (Lipinski definition) is 2. The third-order valence-corrected chi connectivity index (χ3v) is 3.15. The molecule has 1 heterocycles. The number of nitrogens with zero attached hydrogens (tertiary/aromatic N) is 2. The molecular weight excluding hydrogens is 212 g/mol. The van der Waals surface area contributed by atoms with Gasteiger partial charge in [0, 0.05) is 44.1 Å². The molecule has 4 heteroatoms. The quantitative estimate of drug-likeness (QED) is 0.762. The van der Waals surface area contributed by atoms with E-state index in [1.165, 1.54) is 6.42 Å². The second kappa shape index (κ2) is 7.12. The molecule has 0 aliphatic heterocycles. The Morgan fingerprint density at radius 1 is 1.47 bits per heavy atom. The predicted octanol–water partition coefficient (Wildman–Crippen LogP) is 2.27. The Bertz CT molecular complexity index is 327. The highest BCUT2D eigenvalue weighted by molar-refractivity contribution is 5.51. The molecule has 4 nitrogen and oxygen atoms in total. The van der Waals surface area contributed by atoms with Crippen LogP contribution in [0.3, 0.4) is 0 Å². The smallest absolute Gasteiger partial charge is 0.127 e. The zero-order valence-electron chi connectivity index (χ0n) is 11.3. The maximum absolute atomic E-state index is 4.18. The van der Waals surface area contributed by atoms with Crippen LogP contribution in [0.2, 0.25) is 0 Å². The summed E-state index contributed by atoms with van der Waals surface area (Å²) in [5, 5.41) is 6.44. The lowest BCUT2D eigenvalue weighted by Gasteiger charge is -2.23. The Labute approximate surface area is 104 Å². The van der Waals surface area contributed by atoms with Crippen molar-refractivity contribution in [3.63, 3.8) is 0 Å². The van der Waals surface area contributed by atoms with E-state index in [-0.39, 0.29) is 0 Å². The van der Waals surface area contributed by atoms with Crippen LogP contribution in [0.15, 0.2) is 18.3 Å². The highest BCUT2D eigenvalue weighted by atomic mass is 15.1. The van der Waals surface area contributed by atoms with Gasteiger partial charge in [-0.3, -0.25) is 0 Å². The summed E-state index contributed by atoms with van der Waals surface area (Å²) in [6, 6.07) is 4.65. The highest BCUT2D eigenvalue weighted by Crippen LogP contribution is 2.10. The van der Waals surface area contributed by atoms with Gasteiger partial charge >= 0.3 is 0 Å². The van der Waals surface area contributed by atoms with Crippen LogP contribution >= 0.6 is 0 Å². The minimum absolute atomic E-state index is 0.641. The van der Waals surface area contributed by atoms with E-state index in [9.17, 15) is 0 Å². The minimum atomic E-state index is 0.641. The van der Waals surface area contributed by atoms with E-state index in [1.54, 1.807) is 0 Å². The van der Waals surface area contributed by atoms with E-state index in [4.69, 9.17) is 0 Å². The Morgan fingerprint density at radius 3 is 2.88 bits per heavy atom. The number of rotatable bonds is 7. The normalized spacial score (nSPS) is 12.5. The zero-order chi connectivity index (χ0) is 12.7. The first kappa shape index (κ1) is 13.8. The Kier molecular flexibility index (Phi) is 5.77. The van der Waals surface area contributed by atoms with Crippen LogP contribution in [0.5, 0.6) is 0 Å². The molecule has 1 aromatic rings. The van der Waals surface area contributed by atoms with Crippen molar-refractivity contribution in [1.82, 2.24) is 9.88 Å². The fourth-order valence-electron chi connectivity index (χ4n) is 1.59. The van der Waals surface area contributed by atoms with Gasteiger partial charge in [-0.2, -0.15) is 0 Å². The van der Waals surface area contributed by atoms with Crippen LogP contribution in [-0.4, -0.2) is 43.1 Å². The lowest BCUT2D eigenvalue weighted by Crippen LogP contribution is -2.32. The van der Waals surface area contributed by atoms with Crippen molar-refractivity contribution in [2.75, 3.05) is 37.8 Å². The molecule has 96 valence electrons. The molecule has 1 aromatic heterocycles. The second-order valence-electron chi connectivity index (χ2n) is 4.34. The van der Waals surface area contributed by atoms with Gasteiger partial charge in [-0.05, 0) is 26.5 Å². The van der Waals surface area contributed by atoms with Crippen molar-refractivity contribution in [2.45, 2.75) is 26.3 Å². The average Bonchev–Trinajstić information content (AvgIpc) is 2.37. The summed E-state index contributed by atoms with van der Waals surface area (Å²) in [5.41, 5.74) is 1.11. The molecule has 0 aliphatic rings. The fraction of sp³-hybridized carbons (Fsp3) is 0.615. The molecule has 0 aliphatic carbocycles. The maximum atomic E-state index is 4.18. The molecule has 0 spiro atoms. The van der Waals surface area contributed by atoms with Crippen LogP contribution in [0.1, 0.15) is 20.3 Å². The second-order valence-corrected chi connectivity index (χ2v) is 4.34. The summed E-state index contributed by atoms with van der Waals surface area (Å²) < 4.78 is 0. The number of nitrogens with one attached hydrogen (secondary N) is 2. The lowest BCUT2D eigenvalue weighted by molar-refractivity contribution is 0.261. The summed E-state index contributed by atoms with van der Waals surface area (Å²) in [7, 11) is 4.05. The number of anilines is 2. The van der Waals surface area contributed by atoms with Crippen LogP contribution < -0.4 is 10.6 Å². The van der Waals surface area contributed by atoms with Crippen molar-refractivity contribution >= 4 is 11.5 Å². The molecule has 0 bridgehead atoms. The number of hydrogen-bond acceptors (Lipinski definition) is 4. The van der Waals surface area contributed by atoms with E-state index in [2.05, 4.69) is 41.4 Å². The number of likely N-dealkylation sites (N-methyl/N-ethyl adjacent to an activating group) is 1. The van der Waals surface area contributed by atoms with Crippen molar-refractivity contribution in [3.05, 3.63) is 18.3 Å². The first-order valence-corrected chi connectivity index (χ1v) is 6.25. The van der Waals surface area contributed by atoms with Gasteiger partial charge in [0.05, 0.1) is 0 Å². The first-order valence-electron chi connectivity index (χ1n) is 6.25. The highest BCUT2D eigenvalue weighted by Gasteiger charge is 2.05. The van der Waals surface area contributed by atoms with Crippen molar-refractivity contribution < 1.29 is 0 Å². The minimum Gasteiger partial charge on any atom is -0.384 e. The van der Waals surface area contributed by atoms with Gasteiger partial charge in [0.1, 0.15) is 5.82 Å². The largest absolute Gasteiger partial charge is 0.384 e. The molecule has 0 saturated carbocycles. The summed E-state index contributed by atoms with van der Waals surface area (Å²) in [5.74, 6) is 0.894. The van der Waals surface area contributed by atoms with Crippen molar-refractivity contribution in [3.8, 4) is 0 Å². The predicted molar refractivity (Wildman–Crippen MR) is 74.7 cm³/mol. The molecular formula is C13H24N4. The van der Waals surface area contributed by atoms with E-state index < -0.39 is 0 Å². The molecule has 2 N–H and O–H groups in total. The lowest BCUT2D eigenvalue weighted by atomic mass is 10.2. The van der Waals surface area contributed by atoms with Crippen LogP contribution in [0.25, 0.3) is 0 Å². The molecule has 0 saturated heterocycles. The van der Waals surface area contributed by atoms with Gasteiger partial charge in [-0.25, -0.2) is 4.98 Å². The van der Waals surface area contributed by atoms with E-state index in [0.29, 0.717) is 6.04 Å². The average molecular weight is 236 g/mol. The monoisotopic (exact) mass is 236 g/mol. The van der Waals surface area contributed by atoms with Crippen LogP contribution in [0.4, 0.5) is 11.5 Å². The van der Waals surface area contributed by atoms with Gasteiger partial charge in [-0.1, -0.05) is 6.92 Å². The van der Waals surface area contributed by atoms with Gasteiger partial charge < -0.3 is 15.5 Å². The summed E-state index contributed by atoms with van der Waals surface area (Å²) in [6.45, 7) is 6.47. The molecule has 0 radical (unpaired) electrons.